The minimum absolute atomic E-state index is 0.665. The molecule has 0 radical (unpaired) electrons. The number of nitrogens with zero attached hydrogens (tertiary/aromatic N) is 2. The van der Waals surface area contributed by atoms with Crippen molar-refractivity contribution in [3.05, 3.63) is 69.3 Å². The van der Waals surface area contributed by atoms with E-state index in [0.29, 0.717) is 10.0 Å². The highest BCUT2D eigenvalue weighted by atomic mass is 35.5. The number of benzene rings is 2. The van der Waals surface area contributed by atoms with Crippen LogP contribution in [-0.2, 0) is 13.1 Å². The van der Waals surface area contributed by atoms with Crippen LogP contribution < -0.4 is 5.32 Å². The lowest BCUT2D eigenvalue weighted by Crippen LogP contribution is -2.26. The van der Waals surface area contributed by atoms with E-state index in [1.165, 1.54) is 22.2 Å². The third kappa shape index (κ3) is 4.24. The second kappa shape index (κ2) is 8.45. The lowest BCUT2D eigenvalue weighted by atomic mass is 10.1. The lowest BCUT2D eigenvalue weighted by molar-refractivity contribution is 0.400. The van der Waals surface area contributed by atoms with Gasteiger partial charge in [-0.15, -0.1) is 0 Å². The summed E-state index contributed by atoms with van der Waals surface area (Å²) in [6.45, 7) is 5.78. The van der Waals surface area contributed by atoms with Crippen LogP contribution in [0.3, 0.4) is 0 Å². The summed E-state index contributed by atoms with van der Waals surface area (Å²) in [7, 11) is 4.18. The second-order valence-electron chi connectivity index (χ2n) is 6.88. The molecule has 1 heterocycles. The minimum atomic E-state index is 0.665. The van der Waals surface area contributed by atoms with Crippen LogP contribution in [0.4, 0.5) is 0 Å². The summed E-state index contributed by atoms with van der Waals surface area (Å²) in [5, 5.41) is 6.24. The zero-order valence-electron chi connectivity index (χ0n) is 15.5. The molecular formula is C21H25Cl2N3. The molecular weight excluding hydrogens is 365 g/mol. The van der Waals surface area contributed by atoms with Gasteiger partial charge in [-0.1, -0.05) is 47.5 Å². The van der Waals surface area contributed by atoms with Gasteiger partial charge in [0, 0.05) is 52.8 Å². The number of hydrogen-bond acceptors (Lipinski definition) is 2. The third-order valence-corrected chi connectivity index (χ3v) is 5.33. The van der Waals surface area contributed by atoms with Crippen molar-refractivity contribution in [3.8, 4) is 0 Å². The molecule has 138 valence electrons. The molecule has 26 heavy (non-hydrogen) atoms. The van der Waals surface area contributed by atoms with Gasteiger partial charge in [-0.2, -0.15) is 0 Å². The summed E-state index contributed by atoms with van der Waals surface area (Å²) < 4.78 is 2.34. The molecule has 1 aromatic heterocycles. The first-order valence-corrected chi connectivity index (χ1v) is 9.59. The first kappa shape index (κ1) is 19.2. The van der Waals surface area contributed by atoms with Crippen LogP contribution in [0.1, 0.15) is 16.8 Å². The molecule has 3 aromatic rings. The van der Waals surface area contributed by atoms with Crippen LogP contribution >= 0.6 is 23.2 Å². The van der Waals surface area contributed by atoms with Gasteiger partial charge in [-0.3, -0.25) is 0 Å². The van der Waals surface area contributed by atoms with Crippen molar-refractivity contribution < 1.29 is 0 Å². The number of halogens is 2. The van der Waals surface area contributed by atoms with Crippen molar-refractivity contribution in [1.82, 2.24) is 14.8 Å². The summed E-state index contributed by atoms with van der Waals surface area (Å²) in [5.74, 6) is 0. The fourth-order valence-electron chi connectivity index (χ4n) is 3.27. The van der Waals surface area contributed by atoms with E-state index in [-0.39, 0.29) is 0 Å². The van der Waals surface area contributed by atoms with E-state index in [0.717, 1.165) is 31.7 Å². The quantitative estimate of drug-likeness (QED) is 0.576. The Morgan fingerprint density at radius 3 is 2.58 bits per heavy atom. The summed E-state index contributed by atoms with van der Waals surface area (Å²) in [6.07, 6.45) is 0. The Kier molecular flexibility index (Phi) is 6.25. The van der Waals surface area contributed by atoms with Gasteiger partial charge < -0.3 is 14.8 Å². The number of rotatable bonds is 7. The van der Waals surface area contributed by atoms with E-state index in [1.54, 1.807) is 0 Å². The monoisotopic (exact) mass is 389 g/mol. The Hall–Kier alpha value is -1.52. The van der Waals surface area contributed by atoms with Crippen LogP contribution in [0.5, 0.6) is 0 Å². The van der Waals surface area contributed by atoms with Crippen molar-refractivity contribution in [2.45, 2.75) is 20.0 Å². The number of hydrogen-bond donors (Lipinski definition) is 1. The zero-order chi connectivity index (χ0) is 18.7. The lowest BCUT2D eigenvalue weighted by Gasteiger charge is -2.12. The molecule has 3 nitrogen and oxygen atoms in total. The Balaban J connectivity index is 1.91. The maximum atomic E-state index is 6.41. The Bertz CT molecular complexity index is 900. The summed E-state index contributed by atoms with van der Waals surface area (Å²) in [4.78, 5) is 2.19. The molecule has 0 spiro atoms. The van der Waals surface area contributed by atoms with Crippen LogP contribution in [0, 0.1) is 6.92 Å². The largest absolute Gasteiger partial charge is 0.340 e. The minimum Gasteiger partial charge on any atom is -0.340 e. The fraction of sp³-hybridized carbons (Fsp3) is 0.333. The summed E-state index contributed by atoms with van der Waals surface area (Å²) in [5.41, 5.74) is 4.94. The molecule has 2 aromatic carbocycles. The predicted molar refractivity (Wildman–Crippen MR) is 112 cm³/mol. The van der Waals surface area contributed by atoms with Crippen molar-refractivity contribution in [2.24, 2.45) is 0 Å². The van der Waals surface area contributed by atoms with Crippen molar-refractivity contribution in [3.63, 3.8) is 0 Å². The van der Waals surface area contributed by atoms with E-state index in [2.05, 4.69) is 60.1 Å². The van der Waals surface area contributed by atoms with Crippen LogP contribution in [0.15, 0.2) is 42.5 Å². The summed E-state index contributed by atoms with van der Waals surface area (Å²) in [6, 6.07) is 14.3. The Labute approximate surface area is 165 Å². The maximum Gasteiger partial charge on any atom is 0.0493 e. The normalized spacial score (nSPS) is 11.6. The topological polar surface area (TPSA) is 20.2 Å². The van der Waals surface area contributed by atoms with Crippen molar-refractivity contribution in [1.29, 1.82) is 0 Å². The molecule has 0 aliphatic rings. The molecule has 0 saturated heterocycles. The smallest absolute Gasteiger partial charge is 0.0493 e. The average Bonchev–Trinajstić information content (AvgIpc) is 2.86. The zero-order valence-corrected chi connectivity index (χ0v) is 17.0. The third-order valence-electron chi connectivity index (χ3n) is 4.74. The molecule has 0 amide bonds. The van der Waals surface area contributed by atoms with Gasteiger partial charge in [0.05, 0.1) is 0 Å². The first-order chi connectivity index (χ1) is 12.5. The highest BCUT2D eigenvalue weighted by Crippen LogP contribution is 2.29. The molecule has 0 unspecified atom stereocenters. The molecule has 0 atom stereocenters. The van der Waals surface area contributed by atoms with Gasteiger partial charge in [0.15, 0.2) is 0 Å². The van der Waals surface area contributed by atoms with Crippen molar-refractivity contribution in [2.75, 3.05) is 27.2 Å². The van der Waals surface area contributed by atoms with Crippen LogP contribution in [-0.4, -0.2) is 36.7 Å². The van der Waals surface area contributed by atoms with E-state index < -0.39 is 0 Å². The molecule has 0 aliphatic heterocycles. The number of para-hydroxylation sites is 1. The van der Waals surface area contributed by atoms with E-state index in [4.69, 9.17) is 23.2 Å². The Morgan fingerprint density at radius 2 is 1.85 bits per heavy atom. The molecule has 0 saturated carbocycles. The highest BCUT2D eigenvalue weighted by molar-refractivity contribution is 6.35. The standard InChI is InChI=1S/C21H25Cl2N3/c1-15-19(13-24-10-11-25(2)3)18-6-4-5-7-21(18)26(15)14-16-8-9-17(22)12-20(16)23/h4-9,12,24H,10-11,13-14H2,1-3H3. The number of likely N-dealkylation sites (N-methyl/N-ethyl adjacent to an activating group) is 1. The highest BCUT2D eigenvalue weighted by Gasteiger charge is 2.14. The van der Waals surface area contributed by atoms with Crippen LogP contribution in [0.25, 0.3) is 10.9 Å². The predicted octanol–water partition coefficient (Wildman–Crippen LogP) is 4.96. The van der Waals surface area contributed by atoms with Gasteiger partial charge in [0.1, 0.15) is 0 Å². The van der Waals surface area contributed by atoms with Crippen molar-refractivity contribution >= 4 is 34.1 Å². The second-order valence-corrected chi connectivity index (χ2v) is 7.73. The van der Waals surface area contributed by atoms with Crippen LogP contribution in [0.2, 0.25) is 10.0 Å². The molecule has 3 rings (SSSR count). The molecule has 0 fully saturated rings. The number of fused-ring (bicyclic) bond motifs is 1. The van der Waals surface area contributed by atoms with E-state index in [1.807, 2.05) is 18.2 Å². The molecule has 0 bridgehead atoms. The van der Waals surface area contributed by atoms with Gasteiger partial charge >= 0.3 is 0 Å². The molecule has 0 aliphatic carbocycles. The SMILES string of the molecule is Cc1c(CNCCN(C)C)c2ccccc2n1Cc1ccc(Cl)cc1Cl. The fourth-order valence-corrected chi connectivity index (χ4v) is 3.73. The van der Waals surface area contributed by atoms with E-state index in [9.17, 15) is 0 Å². The summed E-state index contributed by atoms with van der Waals surface area (Å²) >= 11 is 12.4. The van der Waals surface area contributed by atoms with Gasteiger partial charge in [-0.05, 0) is 50.3 Å². The van der Waals surface area contributed by atoms with Gasteiger partial charge in [-0.25, -0.2) is 0 Å². The maximum absolute atomic E-state index is 6.41. The molecule has 1 N–H and O–H groups in total. The number of nitrogens with one attached hydrogen (secondary N) is 1. The van der Waals surface area contributed by atoms with Gasteiger partial charge in [0.25, 0.3) is 0 Å². The number of aromatic nitrogens is 1. The first-order valence-electron chi connectivity index (χ1n) is 8.83. The Morgan fingerprint density at radius 1 is 1.08 bits per heavy atom. The average molecular weight is 390 g/mol. The van der Waals surface area contributed by atoms with Gasteiger partial charge in [0.2, 0.25) is 0 Å². The molecule has 5 heteroatoms. The van der Waals surface area contributed by atoms with E-state index >= 15 is 0 Å².